The number of aromatic nitrogens is 2. The normalized spacial score (nSPS) is 10.2. The number of benzene rings is 2. The lowest BCUT2D eigenvalue weighted by molar-refractivity contribution is -0.384. The number of imidazole rings is 1. The maximum absolute atomic E-state index is 12.4. The fourth-order valence-electron chi connectivity index (χ4n) is 2.21. The highest BCUT2D eigenvalue weighted by atomic mass is 16.6. The summed E-state index contributed by atoms with van der Waals surface area (Å²) in [6.07, 6.45) is 1.24. The number of nitro benzene ring substituents is 1. The number of hydrogen-bond acceptors (Lipinski definition) is 5. The van der Waals surface area contributed by atoms with Gasteiger partial charge in [-0.05, 0) is 24.3 Å². The van der Waals surface area contributed by atoms with Crippen molar-refractivity contribution >= 4 is 28.9 Å². The largest absolute Gasteiger partial charge is 0.340 e. The molecule has 2 amide bonds. The molecular formula is C17H13N5O4. The number of rotatable bonds is 5. The molecule has 2 aromatic carbocycles. The monoisotopic (exact) mass is 351 g/mol. The Morgan fingerprint density at radius 1 is 0.923 bits per heavy atom. The Hall–Kier alpha value is -4.01. The molecule has 0 bridgehead atoms. The third-order valence-electron chi connectivity index (χ3n) is 3.45. The molecule has 0 saturated heterocycles. The number of para-hydroxylation sites is 1. The zero-order chi connectivity index (χ0) is 18.5. The van der Waals surface area contributed by atoms with Gasteiger partial charge in [0.1, 0.15) is 5.69 Å². The first-order valence-electron chi connectivity index (χ1n) is 7.50. The van der Waals surface area contributed by atoms with Crippen molar-refractivity contribution < 1.29 is 14.5 Å². The summed E-state index contributed by atoms with van der Waals surface area (Å²) >= 11 is 0. The number of anilines is 2. The molecule has 1 heterocycles. The van der Waals surface area contributed by atoms with Gasteiger partial charge in [-0.3, -0.25) is 19.7 Å². The molecule has 0 aliphatic heterocycles. The third-order valence-corrected chi connectivity index (χ3v) is 3.45. The fraction of sp³-hybridized carbons (Fsp3) is 0. The second kappa shape index (κ2) is 7.26. The molecule has 0 radical (unpaired) electrons. The van der Waals surface area contributed by atoms with Crippen molar-refractivity contribution in [3.63, 3.8) is 0 Å². The maximum Gasteiger partial charge on any atom is 0.276 e. The van der Waals surface area contributed by atoms with Crippen LogP contribution in [-0.2, 0) is 0 Å². The Morgan fingerprint density at radius 3 is 2.19 bits per heavy atom. The zero-order valence-electron chi connectivity index (χ0n) is 13.3. The molecule has 1 aromatic heterocycles. The molecule has 9 nitrogen and oxygen atoms in total. The first-order chi connectivity index (χ1) is 12.5. The summed E-state index contributed by atoms with van der Waals surface area (Å²) in [7, 11) is 0. The molecular weight excluding hydrogens is 338 g/mol. The molecule has 0 aliphatic carbocycles. The van der Waals surface area contributed by atoms with E-state index in [9.17, 15) is 19.7 Å². The minimum absolute atomic E-state index is 0.0169. The smallest absolute Gasteiger partial charge is 0.276 e. The molecule has 130 valence electrons. The molecule has 26 heavy (non-hydrogen) atoms. The molecule has 0 fully saturated rings. The van der Waals surface area contributed by atoms with Crippen LogP contribution in [0.25, 0.3) is 0 Å². The predicted molar refractivity (Wildman–Crippen MR) is 94.0 cm³/mol. The van der Waals surface area contributed by atoms with E-state index in [1.165, 1.54) is 30.6 Å². The van der Waals surface area contributed by atoms with Gasteiger partial charge in [0.15, 0.2) is 5.69 Å². The van der Waals surface area contributed by atoms with Gasteiger partial charge >= 0.3 is 0 Å². The number of aromatic amines is 1. The van der Waals surface area contributed by atoms with Crippen LogP contribution in [0.1, 0.15) is 21.0 Å². The van der Waals surface area contributed by atoms with Gasteiger partial charge in [-0.1, -0.05) is 18.2 Å². The van der Waals surface area contributed by atoms with Crippen molar-refractivity contribution in [1.82, 2.24) is 9.97 Å². The van der Waals surface area contributed by atoms with Gasteiger partial charge in [0.25, 0.3) is 17.5 Å². The molecule has 3 rings (SSSR count). The first kappa shape index (κ1) is 16.8. The van der Waals surface area contributed by atoms with Crippen LogP contribution >= 0.6 is 0 Å². The summed E-state index contributed by atoms with van der Waals surface area (Å²) < 4.78 is 0. The predicted octanol–water partition coefficient (Wildman–Crippen LogP) is 2.82. The summed E-state index contributed by atoms with van der Waals surface area (Å²) in [5.74, 6) is -1.12. The molecule has 9 heteroatoms. The SMILES string of the molecule is O=C(Nc1ccccc1)c1nc[nH]c1C(=O)Nc1ccc([N+](=O)[O-])cc1. The summed E-state index contributed by atoms with van der Waals surface area (Å²) in [5.41, 5.74) is 0.754. The Balaban J connectivity index is 1.73. The van der Waals surface area contributed by atoms with Crippen LogP contribution in [0.15, 0.2) is 60.9 Å². The fourth-order valence-corrected chi connectivity index (χ4v) is 2.21. The van der Waals surface area contributed by atoms with Crippen molar-refractivity contribution in [3.8, 4) is 0 Å². The van der Waals surface area contributed by atoms with Crippen LogP contribution in [0.2, 0.25) is 0 Å². The lowest BCUT2D eigenvalue weighted by Crippen LogP contribution is -2.20. The Labute approximate surface area is 147 Å². The zero-order valence-corrected chi connectivity index (χ0v) is 13.3. The van der Waals surface area contributed by atoms with Gasteiger partial charge in [-0.15, -0.1) is 0 Å². The lowest BCUT2D eigenvalue weighted by Gasteiger charge is -2.06. The van der Waals surface area contributed by atoms with E-state index in [-0.39, 0.29) is 17.1 Å². The molecule has 3 aromatic rings. The van der Waals surface area contributed by atoms with Gasteiger partial charge in [0.05, 0.1) is 11.3 Å². The van der Waals surface area contributed by atoms with Gasteiger partial charge in [0.2, 0.25) is 0 Å². The number of hydrogen-bond donors (Lipinski definition) is 3. The van der Waals surface area contributed by atoms with Crippen LogP contribution in [-0.4, -0.2) is 26.7 Å². The van der Waals surface area contributed by atoms with E-state index in [4.69, 9.17) is 0 Å². The standard InChI is InChI=1S/C17H13N5O4/c23-16(20-11-4-2-1-3-5-11)14-15(19-10-18-14)17(24)21-12-6-8-13(9-7-12)22(25)26/h1-10H,(H,18,19)(H,20,23)(H,21,24). The number of carbonyl (C=O) groups is 2. The number of nitro groups is 1. The molecule has 0 aliphatic rings. The number of carbonyl (C=O) groups excluding carboxylic acids is 2. The number of H-pyrrole nitrogens is 1. The average molecular weight is 351 g/mol. The highest BCUT2D eigenvalue weighted by Gasteiger charge is 2.20. The van der Waals surface area contributed by atoms with Crippen molar-refractivity contribution in [1.29, 1.82) is 0 Å². The third kappa shape index (κ3) is 3.73. The highest BCUT2D eigenvalue weighted by Crippen LogP contribution is 2.17. The van der Waals surface area contributed by atoms with Crippen LogP contribution in [0.5, 0.6) is 0 Å². The number of amides is 2. The molecule has 0 spiro atoms. The average Bonchev–Trinajstić information content (AvgIpc) is 3.13. The van der Waals surface area contributed by atoms with Gasteiger partial charge in [-0.25, -0.2) is 4.98 Å². The minimum Gasteiger partial charge on any atom is -0.340 e. The summed E-state index contributed by atoms with van der Waals surface area (Å²) in [4.78, 5) is 41.3. The lowest BCUT2D eigenvalue weighted by atomic mass is 10.2. The highest BCUT2D eigenvalue weighted by molar-refractivity contribution is 6.13. The molecule has 3 N–H and O–H groups in total. The molecule has 0 saturated carbocycles. The van der Waals surface area contributed by atoms with E-state index >= 15 is 0 Å². The minimum atomic E-state index is -0.588. The van der Waals surface area contributed by atoms with Crippen LogP contribution < -0.4 is 10.6 Å². The molecule has 0 atom stereocenters. The van der Waals surface area contributed by atoms with Gasteiger partial charge in [-0.2, -0.15) is 0 Å². The summed E-state index contributed by atoms with van der Waals surface area (Å²) in [6, 6.07) is 14.1. The van der Waals surface area contributed by atoms with E-state index in [0.717, 1.165) is 0 Å². The second-order valence-electron chi connectivity index (χ2n) is 5.20. The van der Waals surface area contributed by atoms with Gasteiger partial charge in [0, 0.05) is 23.5 Å². The van der Waals surface area contributed by atoms with E-state index in [1.54, 1.807) is 24.3 Å². The van der Waals surface area contributed by atoms with E-state index in [2.05, 4.69) is 20.6 Å². The second-order valence-corrected chi connectivity index (χ2v) is 5.20. The van der Waals surface area contributed by atoms with Crippen molar-refractivity contribution in [3.05, 3.63) is 82.4 Å². The quantitative estimate of drug-likeness (QED) is 0.480. The maximum atomic E-state index is 12.4. The van der Waals surface area contributed by atoms with Crippen molar-refractivity contribution in [2.45, 2.75) is 0 Å². The van der Waals surface area contributed by atoms with E-state index < -0.39 is 16.7 Å². The van der Waals surface area contributed by atoms with Crippen LogP contribution in [0.4, 0.5) is 17.1 Å². The van der Waals surface area contributed by atoms with Crippen LogP contribution in [0.3, 0.4) is 0 Å². The number of nitrogens with one attached hydrogen (secondary N) is 3. The van der Waals surface area contributed by atoms with Gasteiger partial charge < -0.3 is 15.6 Å². The Morgan fingerprint density at radius 2 is 1.54 bits per heavy atom. The van der Waals surface area contributed by atoms with E-state index in [1.807, 2.05) is 6.07 Å². The number of non-ortho nitro benzene ring substituents is 1. The number of nitrogens with zero attached hydrogens (tertiary/aromatic N) is 2. The van der Waals surface area contributed by atoms with Crippen LogP contribution in [0, 0.1) is 10.1 Å². The van der Waals surface area contributed by atoms with Crippen molar-refractivity contribution in [2.24, 2.45) is 0 Å². The van der Waals surface area contributed by atoms with Crippen molar-refractivity contribution in [2.75, 3.05) is 10.6 Å². The Bertz CT molecular complexity index is 951. The molecule has 0 unspecified atom stereocenters. The topological polar surface area (TPSA) is 130 Å². The summed E-state index contributed by atoms with van der Waals surface area (Å²) in [5, 5.41) is 15.9. The summed E-state index contributed by atoms with van der Waals surface area (Å²) in [6.45, 7) is 0. The van der Waals surface area contributed by atoms with E-state index in [0.29, 0.717) is 11.4 Å². The Kier molecular flexibility index (Phi) is 4.70. The first-order valence-corrected chi connectivity index (χ1v) is 7.50.